The number of hydrogen-bond acceptors (Lipinski definition) is 4. The summed E-state index contributed by atoms with van der Waals surface area (Å²) in [5, 5.41) is 5.48. The Balaban J connectivity index is 1.13. The Hall–Kier alpha value is -10.4. The molecular formula is C98H98BN5Si2. The molecule has 0 amide bonds. The predicted octanol–water partition coefficient (Wildman–Crippen LogP) is 23.9. The summed E-state index contributed by atoms with van der Waals surface area (Å²) < 4.78 is 2.61. The van der Waals surface area contributed by atoms with E-state index in [1.54, 1.807) is 0 Å². The number of rotatable bonds is 11. The molecule has 0 saturated carbocycles. The standard InChI is InChI=1S/C98H98BN5Si2/c1-95(2,3)71-47-69(48-72(53-71)96(4,5)6)67-39-43-88-84(51-67)99-85-52-68(70-49-73(97(7,8)9)54-74(50-70)98(10,11)12)40-44-89(85)104(94-82(65-35-27-21-28-36-65)61-101-62-83(94)66-37-29-22-30-38-66)91-56-75(102-86-45-41-76(105(13,14)15)57-78(86)79-58-77(106(16,17)18)42-46-87(79)102)55-90(92(91)99)103(88)93-80(63-31-23-19-24-32-63)59-100-60-81(93)64-33-25-20-26-34-64/h19-62H,1-18H3. The SMILES string of the molecule is CC(C)(C)c1cc(-c2ccc3c(c2)B2c4cc(-c5cc(C(C)(C)C)cc(C(C)(C)C)c5)ccc4N(c4c(-c5ccccc5)cncc4-c4ccccc4)c4cc(-n5c6ccc([Si](C)(C)C)cc6c6cc([Si](C)(C)C)ccc65)cc(c42)N3c2c(-c3ccccc3)cncc2-c2ccccc2)cc(C(C)(C)C)c1. The number of pyridine rings is 2. The quantitative estimate of drug-likeness (QED) is 0.121. The second-order valence-corrected chi connectivity index (χ2v) is 46.2. The maximum atomic E-state index is 5.25. The van der Waals surface area contributed by atoms with Crippen molar-refractivity contribution < 1.29 is 0 Å². The molecule has 5 heterocycles. The largest absolute Gasteiger partial charge is 0.310 e. The van der Waals surface area contributed by atoms with Crippen LogP contribution in [0.1, 0.15) is 105 Å². The van der Waals surface area contributed by atoms with Crippen LogP contribution in [0.25, 0.3) is 94.3 Å². The third kappa shape index (κ3) is 12.5. The van der Waals surface area contributed by atoms with Gasteiger partial charge in [-0.2, -0.15) is 0 Å². The van der Waals surface area contributed by atoms with E-state index in [0.717, 1.165) is 84.3 Å². The van der Waals surface area contributed by atoms with Crippen molar-refractivity contribution in [3.63, 3.8) is 0 Å². The fourth-order valence-corrected chi connectivity index (χ4v) is 18.5. The van der Waals surface area contributed by atoms with E-state index in [9.17, 15) is 0 Å². The number of hydrogen-bond donors (Lipinski definition) is 0. The van der Waals surface area contributed by atoms with Crippen LogP contribution >= 0.6 is 0 Å². The van der Waals surface area contributed by atoms with Crippen LogP contribution in [-0.4, -0.2) is 37.4 Å². The molecule has 0 fully saturated rings. The van der Waals surface area contributed by atoms with Gasteiger partial charge >= 0.3 is 0 Å². The van der Waals surface area contributed by atoms with Crippen LogP contribution in [0.4, 0.5) is 34.1 Å². The molecule has 0 N–H and O–H groups in total. The Labute approximate surface area is 631 Å². The molecule has 16 rings (SSSR count). The summed E-state index contributed by atoms with van der Waals surface area (Å²) in [4.78, 5) is 15.9. The first-order chi connectivity index (χ1) is 50.4. The minimum Gasteiger partial charge on any atom is -0.310 e. The third-order valence-corrected chi connectivity index (χ3v) is 26.5. The van der Waals surface area contributed by atoms with E-state index in [1.807, 2.05) is 0 Å². The molecule has 0 aliphatic carbocycles. The van der Waals surface area contributed by atoms with Crippen molar-refractivity contribution >= 4 is 106 Å². The fourth-order valence-electron chi connectivity index (χ4n) is 16.2. The number of anilines is 6. The Bertz CT molecular complexity index is 5250. The van der Waals surface area contributed by atoms with Gasteiger partial charge in [0.15, 0.2) is 0 Å². The van der Waals surface area contributed by atoms with Crippen molar-refractivity contribution in [2.75, 3.05) is 9.80 Å². The van der Waals surface area contributed by atoms with Gasteiger partial charge in [-0.05, 0) is 141 Å². The normalized spacial score (nSPS) is 13.3. The fraction of sp³-hybridized carbons (Fsp3) is 0.224. The van der Waals surface area contributed by atoms with E-state index in [4.69, 9.17) is 9.97 Å². The van der Waals surface area contributed by atoms with Gasteiger partial charge in [-0.15, -0.1) is 0 Å². The smallest absolute Gasteiger partial charge is 0.252 e. The Morgan fingerprint density at radius 2 is 0.604 bits per heavy atom. The van der Waals surface area contributed by atoms with Gasteiger partial charge in [0.2, 0.25) is 0 Å². The Morgan fingerprint density at radius 1 is 0.292 bits per heavy atom. The first-order valence-electron chi connectivity index (χ1n) is 38.0. The van der Waals surface area contributed by atoms with Gasteiger partial charge in [0, 0.05) is 80.6 Å². The highest BCUT2D eigenvalue weighted by atomic mass is 28.3. The van der Waals surface area contributed by atoms with Crippen molar-refractivity contribution in [1.82, 2.24) is 14.5 Å². The molecule has 14 aromatic rings. The second kappa shape index (κ2) is 25.7. The summed E-state index contributed by atoms with van der Waals surface area (Å²) in [6.45, 7) is 42.8. The molecule has 0 unspecified atom stereocenters. The second-order valence-electron chi connectivity index (χ2n) is 36.1. The molecule has 0 saturated heterocycles. The number of benzene rings is 11. The zero-order valence-electron chi connectivity index (χ0n) is 65.2. The summed E-state index contributed by atoms with van der Waals surface area (Å²) in [5.41, 5.74) is 31.7. The van der Waals surface area contributed by atoms with Crippen molar-refractivity contribution in [3.05, 3.63) is 290 Å². The summed E-state index contributed by atoms with van der Waals surface area (Å²) >= 11 is 0. The average molecular weight is 1410 g/mol. The van der Waals surface area contributed by atoms with E-state index in [0.29, 0.717) is 0 Å². The van der Waals surface area contributed by atoms with Gasteiger partial charge in [0.05, 0.1) is 44.2 Å². The molecule has 2 aliphatic heterocycles. The number of nitrogens with zero attached hydrogens (tertiary/aromatic N) is 5. The highest BCUT2D eigenvalue weighted by Gasteiger charge is 2.46. The summed E-state index contributed by atoms with van der Waals surface area (Å²) in [5.74, 6) is 0. The van der Waals surface area contributed by atoms with Crippen molar-refractivity contribution in [2.24, 2.45) is 0 Å². The molecule has 0 radical (unpaired) electrons. The van der Waals surface area contributed by atoms with E-state index in [-0.39, 0.29) is 28.4 Å². The molecule has 526 valence electrons. The lowest BCUT2D eigenvalue weighted by Gasteiger charge is -2.46. The molecular weight excluding hydrogens is 1310 g/mol. The zero-order valence-corrected chi connectivity index (χ0v) is 67.2. The van der Waals surface area contributed by atoms with Gasteiger partial charge in [-0.1, -0.05) is 339 Å². The topological polar surface area (TPSA) is 37.2 Å². The van der Waals surface area contributed by atoms with Gasteiger partial charge < -0.3 is 14.4 Å². The molecule has 2 aliphatic rings. The van der Waals surface area contributed by atoms with Gasteiger partial charge in [0.25, 0.3) is 6.71 Å². The molecule has 106 heavy (non-hydrogen) atoms. The maximum absolute atomic E-state index is 5.25. The van der Waals surface area contributed by atoms with Gasteiger partial charge in [-0.3, -0.25) is 9.97 Å². The summed E-state index contributed by atoms with van der Waals surface area (Å²) in [6, 6.07) is 93.7. The van der Waals surface area contributed by atoms with Crippen molar-refractivity contribution in [1.29, 1.82) is 0 Å². The van der Waals surface area contributed by atoms with Crippen LogP contribution < -0.4 is 36.6 Å². The average Bonchev–Trinajstić information content (AvgIpc) is 0.795. The van der Waals surface area contributed by atoms with Crippen LogP contribution in [0.15, 0.2) is 267 Å². The number of fused-ring (bicyclic) bond motifs is 7. The van der Waals surface area contributed by atoms with Crippen LogP contribution in [0.5, 0.6) is 0 Å². The summed E-state index contributed by atoms with van der Waals surface area (Å²) in [7, 11) is -3.62. The minimum atomic E-state index is -1.81. The lowest BCUT2D eigenvalue weighted by Crippen LogP contribution is -2.61. The minimum absolute atomic E-state index is 0.108. The highest BCUT2D eigenvalue weighted by Crippen LogP contribution is 2.54. The predicted molar refractivity (Wildman–Crippen MR) is 464 cm³/mol. The summed E-state index contributed by atoms with van der Waals surface area (Å²) in [6.07, 6.45) is 8.44. The lowest BCUT2D eigenvalue weighted by atomic mass is 9.33. The third-order valence-electron chi connectivity index (χ3n) is 22.4. The maximum Gasteiger partial charge on any atom is 0.252 e. The van der Waals surface area contributed by atoms with E-state index >= 15 is 0 Å². The molecule has 11 aromatic carbocycles. The van der Waals surface area contributed by atoms with Crippen LogP contribution in [0.3, 0.4) is 0 Å². The van der Waals surface area contributed by atoms with E-state index in [2.05, 4.69) is 404 Å². The molecule has 0 spiro atoms. The van der Waals surface area contributed by atoms with Crippen molar-refractivity contribution in [2.45, 2.75) is 144 Å². The van der Waals surface area contributed by atoms with Crippen LogP contribution in [-0.2, 0) is 21.7 Å². The monoisotopic (exact) mass is 1410 g/mol. The van der Waals surface area contributed by atoms with Crippen LogP contribution in [0, 0.1) is 0 Å². The molecule has 8 heteroatoms. The zero-order chi connectivity index (χ0) is 74.3. The molecule has 0 atom stereocenters. The molecule has 3 aromatic heterocycles. The molecule has 0 bridgehead atoms. The number of aromatic nitrogens is 3. The van der Waals surface area contributed by atoms with Crippen molar-refractivity contribution in [3.8, 4) is 72.4 Å². The van der Waals surface area contributed by atoms with Crippen LogP contribution in [0.2, 0.25) is 39.3 Å². The van der Waals surface area contributed by atoms with Gasteiger partial charge in [-0.25, -0.2) is 0 Å². The Kier molecular flexibility index (Phi) is 17.0. The lowest BCUT2D eigenvalue weighted by molar-refractivity contribution is 0.568. The van der Waals surface area contributed by atoms with E-state index < -0.39 is 16.1 Å². The Morgan fingerprint density at radius 3 is 0.896 bits per heavy atom. The molecule has 5 nitrogen and oxygen atoms in total. The first kappa shape index (κ1) is 70.0. The first-order valence-corrected chi connectivity index (χ1v) is 45.0. The highest BCUT2D eigenvalue weighted by molar-refractivity contribution is 7.00. The van der Waals surface area contributed by atoms with Gasteiger partial charge in [0.1, 0.15) is 0 Å². The van der Waals surface area contributed by atoms with E-state index in [1.165, 1.54) is 93.1 Å².